The minimum Gasteiger partial charge on any atom is -0.476 e. The minimum atomic E-state index is -1.30. The highest BCUT2D eigenvalue weighted by molar-refractivity contribution is 6.16. The summed E-state index contributed by atoms with van der Waals surface area (Å²) in [5.74, 6) is -2.06. The predicted molar refractivity (Wildman–Crippen MR) is 89.9 cm³/mol. The van der Waals surface area contributed by atoms with Crippen molar-refractivity contribution in [1.29, 1.82) is 0 Å². The first-order valence-corrected chi connectivity index (χ1v) is 8.28. The average Bonchev–Trinajstić information content (AvgIpc) is 3.34. The number of para-hydroxylation sites is 1. The zero-order valence-corrected chi connectivity index (χ0v) is 14.3. The maximum absolute atomic E-state index is 12.9. The Labute approximate surface area is 149 Å². The lowest BCUT2D eigenvalue weighted by atomic mass is 9.98. The van der Waals surface area contributed by atoms with Gasteiger partial charge in [0.25, 0.3) is 6.29 Å². The molecule has 1 aliphatic carbocycles. The molecule has 1 amide bonds. The summed E-state index contributed by atoms with van der Waals surface area (Å²) in [6, 6.07) is 7.18. The second kappa shape index (κ2) is 5.45. The first kappa shape index (κ1) is 16.4. The smallest absolute Gasteiger partial charge is 0.356 e. The summed E-state index contributed by atoms with van der Waals surface area (Å²) < 4.78 is 10.5. The van der Waals surface area contributed by atoms with Crippen molar-refractivity contribution in [1.82, 2.24) is 0 Å². The largest absolute Gasteiger partial charge is 0.476 e. The fourth-order valence-electron chi connectivity index (χ4n) is 3.43. The van der Waals surface area contributed by atoms with Crippen LogP contribution in [0.1, 0.15) is 32.3 Å². The molecule has 0 bridgehead atoms. The first-order chi connectivity index (χ1) is 12.4. The van der Waals surface area contributed by atoms with E-state index in [0.29, 0.717) is 29.7 Å². The number of nitrogens with zero attached hydrogens (tertiary/aromatic N) is 1. The summed E-state index contributed by atoms with van der Waals surface area (Å²) in [6.07, 6.45) is 1.40. The van der Waals surface area contributed by atoms with Gasteiger partial charge < -0.3 is 14.6 Å². The number of carbonyl (C=O) groups is 3. The van der Waals surface area contributed by atoms with Gasteiger partial charge in [0.15, 0.2) is 5.70 Å². The molecule has 1 saturated carbocycles. The summed E-state index contributed by atoms with van der Waals surface area (Å²) in [5.41, 5.74) is 1.48. The fourth-order valence-corrected chi connectivity index (χ4v) is 3.43. The molecule has 1 aromatic carbocycles. The number of amides is 1. The molecule has 4 rings (SSSR count). The van der Waals surface area contributed by atoms with Gasteiger partial charge in [-0.2, -0.15) is 0 Å². The number of aliphatic carboxylic acids is 1. The molecular formula is C19H17NO6. The molecule has 3 aliphatic rings. The lowest BCUT2D eigenvalue weighted by Gasteiger charge is -2.19. The Hall–Kier alpha value is -3.09. The molecule has 7 nitrogen and oxygen atoms in total. The van der Waals surface area contributed by atoms with Crippen LogP contribution in [0.25, 0.3) is 0 Å². The third kappa shape index (κ3) is 2.16. The van der Waals surface area contributed by atoms with Crippen molar-refractivity contribution >= 4 is 23.5 Å². The number of hydrogen-bond acceptors (Lipinski definition) is 5. The Kier molecular flexibility index (Phi) is 3.44. The van der Waals surface area contributed by atoms with Gasteiger partial charge in [-0.15, -0.1) is 0 Å². The topological polar surface area (TPSA) is 93.1 Å². The molecular weight excluding hydrogens is 338 g/mol. The number of carboxylic acid groups (broad SMARTS) is 1. The van der Waals surface area contributed by atoms with Crippen LogP contribution >= 0.6 is 0 Å². The van der Waals surface area contributed by atoms with E-state index in [4.69, 9.17) is 9.47 Å². The number of carboxylic acids is 1. The van der Waals surface area contributed by atoms with Gasteiger partial charge in [0.1, 0.15) is 6.26 Å². The van der Waals surface area contributed by atoms with Crippen LogP contribution in [0.2, 0.25) is 0 Å². The van der Waals surface area contributed by atoms with E-state index in [-0.39, 0.29) is 11.6 Å². The van der Waals surface area contributed by atoms with Crippen LogP contribution in [0.15, 0.2) is 47.4 Å². The summed E-state index contributed by atoms with van der Waals surface area (Å²) in [5, 5.41) is 9.65. The molecule has 1 spiro atoms. The third-order valence-corrected chi connectivity index (χ3v) is 5.25. The zero-order valence-electron chi connectivity index (χ0n) is 14.3. The Morgan fingerprint density at radius 3 is 2.58 bits per heavy atom. The molecule has 1 N–H and O–H groups in total. The molecule has 1 fully saturated rings. The number of benzene rings is 1. The molecule has 1 unspecified atom stereocenters. The van der Waals surface area contributed by atoms with Crippen LogP contribution in [-0.2, 0) is 29.3 Å². The van der Waals surface area contributed by atoms with Gasteiger partial charge in [0.05, 0.1) is 11.1 Å². The molecule has 0 saturated heterocycles. The van der Waals surface area contributed by atoms with E-state index in [9.17, 15) is 19.5 Å². The summed E-state index contributed by atoms with van der Waals surface area (Å²) >= 11 is 0. The van der Waals surface area contributed by atoms with Crippen LogP contribution in [0.3, 0.4) is 0 Å². The van der Waals surface area contributed by atoms with Crippen molar-refractivity contribution in [3.8, 4) is 0 Å². The predicted octanol–water partition coefficient (Wildman–Crippen LogP) is 2.23. The highest BCUT2D eigenvalue weighted by Crippen LogP contribution is 2.58. The number of cyclic esters (lactones) is 1. The zero-order chi connectivity index (χ0) is 18.6. The fraction of sp³-hybridized carbons (Fsp3) is 0.316. The SMILES string of the molecule is CC1=C(C)C(O/C=C(/C(=O)O)N2C(=O)C3(CC3)c3ccccc32)OC1=O. The van der Waals surface area contributed by atoms with Crippen LogP contribution in [0.4, 0.5) is 5.69 Å². The van der Waals surface area contributed by atoms with Gasteiger partial charge in [-0.25, -0.2) is 9.59 Å². The van der Waals surface area contributed by atoms with E-state index in [0.717, 1.165) is 11.8 Å². The molecule has 0 aromatic heterocycles. The molecule has 2 heterocycles. The van der Waals surface area contributed by atoms with Gasteiger partial charge in [0.2, 0.25) is 5.91 Å². The number of anilines is 1. The number of hydrogen-bond donors (Lipinski definition) is 1. The van der Waals surface area contributed by atoms with E-state index in [1.807, 2.05) is 12.1 Å². The van der Waals surface area contributed by atoms with Crippen molar-refractivity contribution in [2.24, 2.45) is 0 Å². The molecule has 2 aliphatic heterocycles. The quantitative estimate of drug-likeness (QED) is 0.506. The van der Waals surface area contributed by atoms with E-state index < -0.39 is 23.6 Å². The van der Waals surface area contributed by atoms with Crippen LogP contribution < -0.4 is 4.90 Å². The Balaban J connectivity index is 1.69. The van der Waals surface area contributed by atoms with Crippen LogP contribution in [0.5, 0.6) is 0 Å². The standard InChI is InChI=1S/C19H17NO6/c1-10-11(2)17(26-16(10)23)25-9-14(15(21)22)20-13-6-4-3-5-12(13)19(7-8-19)18(20)24/h3-6,9,17H,7-8H2,1-2H3,(H,21,22)/b14-9-. The summed E-state index contributed by atoms with van der Waals surface area (Å²) in [6.45, 7) is 3.29. The van der Waals surface area contributed by atoms with Crippen molar-refractivity contribution in [3.05, 3.63) is 52.9 Å². The summed E-state index contributed by atoms with van der Waals surface area (Å²) in [4.78, 5) is 37.5. The van der Waals surface area contributed by atoms with Crippen molar-refractivity contribution in [3.63, 3.8) is 0 Å². The van der Waals surface area contributed by atoms with Gasteiger partial charge in [-0.3, -0.25) is 9.69 Å². The molecule has 0 radical (unpaired) electrons. The van der Waals surface area contributed by atoms with Gasteiger partial charge >= 0.3 is 11.9 Å². The normalized spacial score (nSPS) is 23.4. The van der Waals surface area contributed by atoms with Crippen molar-refractivity contribution in [2.45, 2.75) is 38.4 Å². The number of fused-ring (bicyclic) bond motifs is 2. The van der Waals surface area contributed by atoms with E-state index >= 15 is 0 Å². The second-order valence-electron chi connectivity index (χ2n) is 6.73. The average molecular weight is 355 g/mol. The molecule has 26 heavy (non-hydrogen) atoms. The monoisotopic (exact) mass is 355 g/mol. The van der Waals surface area contributed by atoms with Crippen LogP contribution in [0, 0.1) is 0 Å². The molecule has 134 valence electrons. The van der Waals surface area contributed by atoms with Gasteiger partial charge in [0, 0.05) is 11.1 Å². The molecule has 7 heteroatoms. The highest BCUT2D eigenvalue weighted by Gasteiger charge is 2.60. The number of ether oxygens (including phenoxy) is 2. The number of esters is 1. The maximum atomic E-state index is 12.9. The Morgan fingerprint density at radius 1 is 1.31 bits per heavy atom. The lowest BCUT2D eigenvalue weighted by Crippen LogP contribution is -2.35. The molecule has 1 atom stereocenters. The van der Waals surface area contributed by atoms with Gasteiger partial charge in [-0.1, -0.05) is 18.2 Å². The minimum absolute atomic E-state index is 0.261. The third-order valence-electron chi connectivity index (χ3n) is 5.25. The van der Waals surface area contributed by atoms with E-state index in [1.165, 1.54) is 4.90 Å². The second-order valence-corrected chi connectivity index (χ2v) is 6.73. The number of carbonyl (C=O) groups excluding carboxylic acids is 2. The maximum Gasteiger partial charge on any atom is 0.356 e. The number of rotatable bonds is 4. The van der Waals surface area contributed by atoms with Crippen LogP contribution in [-0.4, -0.2) is 29.2 Å². The lowest BCUT2D eigenvalue weighted by molar-refractivity contribution is -0.153. The van der Waals surface area contributed by atoms with Gasteiger partial charge in [-0.05, 0) is 38.3 Å². The Bertz CT molecular complexity index is 908. The van der Waals surface area contributed by atoms with Crippen molar-refractivity contribution in [2.75, 3.05) is 4.90 Å². The van der Waals surface area contributed by atoms with E-state index in [2.05, 4.69) is 0 Å². The summed E-state index contributed by atoms with van der Waals surface area (Å²) in [7, 11) is 0. The van der Waals surface area contributed by atoms with Crippen molar-refractivity contribution < 1.29 is 29.0 Å². The molecule has 1 aromatic rings. The van der Waals surface area contributed by atoms with E-state index in [1.54, 1.807) is 26.0 Å². The first-order valence-electron chi connectivity index (χ1n) is 8.28. The highest BCUT2D eigenvalue weighted by atomic mass is 16.7. The Morgan fingerprint density at radius 2 is 2.00 bits per heavy atom.